The molecule has 8 heteroatoms. The van der Waals surface area contributed by atoms with E-state index in [1.807, 2.05) is 6.07 Å². The normalized spacial score (nSPS) is 40.4. The molecular weight excluding hydrogens is 633 g/mol. The number of benzene rings is 1. The first kappa shape index (κ1) is 35.3. The summed E-state index contributed by atoms with van der Waals surface area (Å²) in [5.74, 6) is 0.321. The summed E-state index contributed by atoms with van der Waals surface area (Å²) in [6.07, 6.45) is 2.16. The Balaban J connectivity index is 1.48. The van der Waals surface area contributed by atoms with Crippen LogP contribution in [0.25, 0.3) is 0 Å². The molecule has 2 spiro atoms. The largest absolute Gasteiger partial charge is 0.410 e. The SMILES string of the molecule is CC1=C2C[C@@H]3O[C@@H](c4ccccc4)O[C@H]4CCC(=O)[C@]5(C[C@]435)[C@@H]3O[Si](C(C)(C)C)(C(C)(C)C)O[C@@]3(C[C@@H]1O[Si](C)(C)C(C)(C)C)C2(C)C. The van der Waals surface area contributed by atoms with Crippen LogP contribution in [0.3, 0.4) is 0 Å². The Bertz CT molecular complexity index is 1510. The Hall–Kier alpha value is -1.14. The van der Waals surface area contributed by atoms with Gasteiger partial charge in [-0.05, 0) is 49.9 Å². The molecule has 5 fully saturated rings. The maximum absolute atomic E-state index is 14.9. The molecular formula is C40H62O6Si2. The third-order valence-electron chi connectivity index (χ3n) is 14.6. The smallest absolute Gasteiger partial charge is 0.350 e. The van der Waals surface area contributed by atoms with Gasteiger partial charge >= 0.3 is 8.56 Å². The minimum Gasteiger partial charge on any atom is -0.410 e. The molecule has 0 radical (unpaired) electrons. The number of fused-ring (bicyclic) bond motifs is 1. The average Bonchev–Trinajstić information content (AvgIpc) is 3.52. The van der Waals surface area contributed by atoms with Crippen LogP contribution in [0.4, 0.5) is 0 Å². The molecule has 4 aliphatic carbocycles. The molecule has 0 N–H and O–H groups in total. The third-order valence-corrected chi connectivity index (χ3v) is 24.2. The quantitative estimate of drug-likeness (QED) is 0.232. The molecule has 2 bridgehead atoms. The van der Waals surface area contributed by atoms with Crippen molar-refractivity contribution in [1.82, 2.24) is 0 Å². The van der Waals surface area contributed by atoms with Gasteiger partial charge in [-0.15, -0.1) is 0 Å². The number of carbonyl (C=O) groups is 1. The van der Waals surface area contributed by atoms with Crippen LogP contribution in [0.2, 0.25) is 28.2 Å². The van der Waals surface area contributed by atoms with Crippen LogP contribution >= 0.6 is 0 Å². The van der Waals surface area contributed by atoms with Gasteiger partial charge in [0.2, 0.25) is 0 Å². The Labute approximate surface area is 292 Å². The molecule has 0 aromatic heterocycles. The fourth-order valence-electron chi connectivity index (χ4n) is 11.0. The number of ether oxygens (including phenoxy) is 2. The van der Waals surface area contributed by atoms with Gasteiger partial charge < -0.3 is 22.8 Å². The van der Waals surface area contributed by atoms with Gasteiger partial charge in [0.1, 0.15) is 5.78 Å². The van der Waals surface area contributed by atoms with Gasteiger partial charge in [0, 0.05) is 39.3 Å². The topological polar surface area (TPSA) is 63.2 Å². The van der Waals surface area contributed by atoms with Crippen molar-refractivity contribution in [3.63, 3.8) is 0 Å². The molecule has 6 aliphatic rings. The van der Waals surface area contributed by atoms with Crippen molar-refractivity contribution in [2.24, 2.45) is 16.2 Å². The van der Waals surface area contributed by atoms with Gasteiger partial charge in [0.15, 0.2) is 14.6 Å². The Kier molecular flexibility index (Phi) is 7.54. The first-order valence-corrected chi connectivity index (χ1v) is 23.3. The lowest BCUT2D eigenvalue weighted by molar-refractivity contribution is -0.301. The Morgan fingerprint density at radius 1 is 0.917 bits per heavy atom. The highest BCUT2D eigenvalue weighted by Crippen LogP contribution is 2.83. The van der Waals surface area contributed by atoms with Crippen LogP contribution in [0.5, 0.6) is 0 Å². The first-order chi connectivity index (χ1) is 21.9. The lowest BCUT2D eigenvalue weighted by Gasteiger charge is -2.60. The molecule has 8 atom stereocenters. The third kappa shape index (κ3) is 4.29. The molecule has 1 aromatic rings. The van der Waals surface area contributed by atoms with E-state index in [0.717, 1.165) is 24.8 Å². The maximum Gasteiger partial charge on any atom is 0.350 e. The van der Waals surface area contributed by atoms with Crippen molar-refractivity contribution in [1.29, 1.82) is 0 Å². The molecule has 7 rings (SSSR count). The highest BCUT2D eigenvalue weighted by atomic mass is 28.4. The second-order valence-electron chi connectivity index (χ2n) is 20.3. The summed E-state index contributed by atoms with van der Waals surface area (Å²) in [7, 11) is -5.25. The van der Waals surface area contributed by atoms with E-state index in [-0.39, 0.29) is 33.4 Å². The number of rotatable bonds is 3. The zero-order valence-electron chi connectivity index (χ0n) is 32.3. The lowest BCUT2D eigenvalue weighted by atomic mass is 9.52. The summed E-state index contributed by atoms with van der Waals surface area (Å²) in [5.41, 5.74) is 1.41. The van der Waals surface area contributed by atoms with Crippen LogP contribution in [-0.4, -0.2) is 52.7 Å². The monoisotopic (exact) mass is 694 g/mol. The minimum absolute atomic E-state index is 0.0516. The standard InChI is InChI=1S/C40H62O6Si2/c1-25-27-22-31-39-24-38(39,29(41)20-21-30(39)42-32(43-31)26-18-16-15-17-19-26)33-40(37(27,11)12,23-28(25)44-47(13,14)34(2,3)4)46-48(45-33,35(5,6)7)36(8,9)10/h15-19,28,30-33H,20-24H2,1-14H3/t28-,30-,31-,32-,33-,38+,39-,40+/m0/s1. The van der Waals surface area contributed by atoms with Crippen molar-refractivity contribution in [2.45, 2.75) is 180 Å². The first-order valence-electron chi connectivity index (χ1n) is 18.6. The molecule has 3 saturated carbocycles. The van der Waals surface area contributed by atoms with Crippen molar-refractivity contribution < 1.29 is 27.5 Å². The summed E-state index contributed by atoms with van der Waals surface area (Å²) in [6, 6.07) is 10.3. The van der Waals surface area contributed by atoms with Gasteiger partial charge in [-0.2, -0.15) is 0 Å². The van der Waals surface area contributed by atoms with Crippen LogP contribution in [0.15, 0.2) is 41.5 Å². The molecule has 266 valence electrons. The van der Waals surface area contributed by atoms with E-state index in [1.54, 1.807) is 0 Å². The van der Waals surface area contributed by atoms with Crippen molar-refractivity contribution in [3.8, 4) is 0 Å². The summed E-state index contributed by atoms with van der Waals surface area (Å²) < 4.78 is 37.5. The number of carbonyl (C=O) groups excluding carboxylic acids is 1. The van der Waals surface area contributed by atoms with Crippen LogP contribution in [0, 0.1) is 16.2 Å². The fraction of sp³-hybridized carbons (Fsp3) is 0.775. The van der Waals surface area contributed by atoms with E-state index in [2.05, 4.69) is 120 Å². The zero-order valence-corrected chi connectivity index (χ0v) is 34.3. The van der Waals surface area contributed by atoms with E-state index in [4.69, 9.17) is 22.8 Å². The molecule has 0 unspecified atom stereocenters. The molecule has 1 aromatic carbocycles. The molecule has 2 heterocycles. The summed E-state index contributed by atoms with van der Waals surface area (Å²) in [5, 5.41) is -0.428. The zero-order chi connectivity index (χ0) is 35.3. The van der Waals surface area contributed by atoms with Crippen LogP contribution < -0.4 is 0 Å². The lowest BCUT2D eigenvalue weighted by Crippen LogP contribution is -2.67. The fourth-order valence-corrected chi connectivity index (χ4v) is 17.6. The van der Waals surface area contributed by atoms with Gasteiger partial charge in [0.05, 0.1) is 35.4 Å². The van der Waals surface area contributed by atoms with Crippen molar-refractivity contribution in [2.75, 3.05) is 0 Å². The van der Waals surface area contributed by atoms with E-state index >= 15 is 0 Å². The van der Waals surface area contributed by atoms with E-state index < -0.39 is 51.1 Å². The van der Waals surface area contributed by atoms with Crippen molar-refractivity contribution >= 4 is 22.7 Å². The summed E-state index contributed by atoms with van der Waals surface area (Å²) >= 11 is 0. The van der Waals surface area contributed by atoms with Crippen molar-refractivity contribution in [3.05, 3.63) is 47.0 Å². The van der Waals surface area contributed by atoms with Gasteiger partial charge in [-0.1, -0.05) is 112 Å². The summed E-state index contributed by atoms with van der Waals surface area (Å²) in [6.45, 7) is 32.5. The van der Waals surface area contributed by atoms with E-state index in [9.17, 15) is 4.79 Å². The Morgan fingerprint density at radius 3 is 2.10 bits per heavy atom. The molecule has 6 nitrogen and oxygen atoms in total. The highest BCUT2D eigenvalue weighted by molar-refractivity contribution is 6.74. The molecule has 48 heavy (non-hydrogen) atoms. The highest BCUT2D eigenvalue weighted by Gasteiger charge is 2.90. The predicted molar refractivity (Wildman–Crippen MR) is 194 cm³/mol. The average molecular weight is 695 g/mol. The second-order valence-corrected chi connectivity index (χ2v) is 29.7. The molecule has 0 amide bonds. The van der Waals surface area contributed by atoms with Gasteiger partial charge in [0.25, 0.3) is 0 Å². The van der Waals surface area contributed by atoms with Crippen LogP contribution in [-0.2, 0) is 27.5 Å². The van der Waals surface area contributed by atoms with Crippen LogP contribution in [0.1, 0.15) is 127 Å². The number of Topliss-reactive ketones (excluding diaryl/α,β-unsaturated/α-hetero) is 1. The molecule has 2 aliphatic heterocycles. The van der Waals surface area contributed by atoms with E-state index in [0.29, 0.717) is 18.6 Å². The predicted octanol–water partition coefficient (Wildman–Crippen LogP) is 9.95. The Morgan fingerprint density at radius 2 is 1.52 bits per heavy atom. The maximum atomic E-state index is 14.9. The van der Waals surface area contributed by atoms with Gasteiger partial charge in [-0.25, -0.2) is 0 Å². The van der Waals surface area contributed by atoms with E-state index in [1.165, 1.54) is 11.1 Å². The number of hydrogen-bond donors (Lipinski definition) is 0. The number of hydrogen-bond acceptors (Lipinski definition) is 6. The van der Waals surface area contributed by atoms with Gasteiger partial charge in [-0.3, -0.25) is 4.79 Å². The second kappa shape index (κ2) is 10.3. The molecule has 2 saturated heterocycles. The summed E-state index contributed by atoms with van der Waals surface area (Å²) in [4.78, 5) is 14.9. The minimum atomic E-state index is -3.07. The number of ketones is 1.